The maximum atomic E-state index is 13.6. The first kappa shape index (κ1) is 26.8. The summed E-state index contributed by atoms with van der Waals surface area (Å²) in [4.78, 5) is 29.8. The minimum Gasteiger partial charge on any atom is -0.496 e. The lowest BCUT2D eigenvalue weighted by Gasteiger charge is -2.13. The van der Waals surface area contributed by atoms with Crippen molar-refractivity contribution in [3.63, 3.8) is 0 Å². The van der Waals surface area contributed by atoms with Crippen LogP contribution in [0.15, 0.2) is 75.0 Å². The summed E-state index contributed by atoms with van der Waals surface area (Å²) in [6, 6.07) is 17.4. The highest BCUT2D eigenvalue weighted by Crippen LogP contribution is 2.37. The van der Waals surface area contributed by atoms with Gasteiger partial charge in [0.05, 0.1) is 48.4 Å². The number of ether oxygens (including phenoxy) is 4. The van der Waals surface area contributed by atoms with Crippen LogP contribution in [0.2, 0.25) is 5.02 Å². The van der Waals surface area contributed by atoms with Gasteiger partial charge in [-0.05, 0) is 55.0 Å². The molecule has 2 aromatic heterocycles. The van der Waals surface area contributed by atoms with E-state index < -0.39 is 11.5 Å². The first-order valence-corrected chi connectivity index (χ1v) is 12.6. The maximum Gasteiger partial charge on any atom is 0.343 e. The van der Waals surface area contributed by atoms with Gasteiger partial charge in [0.1, 0.15) is 11.3 Å². The number of carbonyl (C=O) groups is 1. The highest BCUT2D eigenvalue weighted by atomic mass is 35.5. The highest BCUT2D eigenvalue weighted by molar-refractivity contribution is 6.32. The Morgan fingerprint density at radius 2 is 1.88 bits per heavy atom. The molecule has 204 valence electrons. The van der Waals surface area contributed by atoms with Gasteiger partial charge in [-0.2, -0.15) is 9.78 Å². The molecule has 0 aliphatic rings. The molecule has 10 nitrogen and oxygen atoms in total. The van der Waals surface area contributed by atoms with Gasteiger partial charge in [-0.15, -0.1) is 0 Å². The largest absolute Gasteiger partial charge is 0.496 e. The first-order valence-electron chi connectivity index (χ1n) is 12.2. The normalized spacial score (nSPS) is 11.3. The Bertz CT molecular complexity index is 1810. The number of furan rings is 1. The van der Waals surface area contributed by atoms with Crippen molar-refractivity contribution in [3.05, 3.63) is 81.6 Å². The third kappa shape index (κ3) is 5.21. The predicted octanol–water partition coefficient (Wildman–Crippen LogP) is 5.30. The lowest BCUT2D eigenvalue weighted by molar-refractivity contribution is -0.142. The topological polar surface area (TPSA) is 114 Å². The molecule has 0 saturated carbocycles. The van der Waals surface area contributed by atoms with Crippen molar-refractivity contribution in [2.24, 2.45) is 5.10 Å². The zero-order valence-corrected chi connectivity index (χ0v) is 22.6. The molecular formula is C29H24ClN3O7. The molecule has 0 unspecified atom stereocenters. The zero-order chi connectivity index (χ0) is 28.2. The minimum absolute atomic E-state index is 0.185. The fourth-order valence-electron chi connectivity index (χ4n) is 4.09. The number of halogens is 1. The molecule has 3 aromatic carbocycles. The van der Waals surface area contributed by atoms with Gasteiger partial charge in [0.2, 0.25) is 5.82 Å². The Kier molecular flexibility index (Phi) is 7.70. The average molecular weight is 562 g/mol. The molecular weight excluding hydrogens is 538 g/mol. The SMILES string of the molecule is CCOc1cc(C=Nn2c(-c3cc4c(OC)cccc4o3)nc3ccccc3c2=O)cc(Cl)c1OCC(=O)OC. The third-order valence-corrected chi connectivity index (χ3v) is 6.21. The van der Waals surface area contributed by atoms with Gasteiger partial charge in [0.15, 0.2) is 23.9 Å². The van der Waals surface area contributed by atoms with Crippen LogP contribution in [0, 0.1) is 0 Å². The monoisotopic (exact) mass is 561 g/mol. The van der Waals surface area contributed by atoms with E-state index in [1.807, 2.05) is 12.1 Å². The van der Waals surface area contributed by atoms with Crippen molar-refractivity contribution in [1.29, 1.82) is 0 Å². The number of aromatic nitrogens is 2. The third-order valence-electron chi connectivity index (χ3n) is 5.93. The second kappa shape index (κ2) is 11.5. The van der Waals surface area contributed by atoms with Gasteiger partial charge >= 0.3 is 5.97 Å². The summed E-state index contributed by atoms with van der Waals surface area (Å²) in [7, 11) is 2.83. The fourth-order valence-corrected chi connectivity index (χ4v) is 4.37. The van der Waals surface area contributed by atoms with Crippen molar-refractivity contribution in [1.82, 2.24) is 9.66 Å². The van der Waals surface area contributed by atoms with Crippen LogP contribution in [0.25, 0.3) is 33.5 Å². The standard InChI is InChI=1S/C29H24ClN3O7/c1-4-38-24-13-17(12-20(30)27(24)39-16-26(34)37-3)15-31-33-28(32-21-9-6-5-8-18(21)29(33)35)25-14-19-22(36-2)10-7-11-23(19)40-25/h5-15H,4,16H2,1-3H3. The summed E-state index contributed by atoms with van der Waals surface area (Å²) in [6.45, 7) is 1.78. The maximum absolute atomic E-state index is 13.6. The molecule has 0 fully saturated rings. The van der Waals surface area contributed by atoms with Gasteiger partial charge in [0, 0.05) is 0 Å². The summed E-state index contributed by atoms with van der Waals surface area (Å²) in [5, 5.41) is 5.77. The van der Waals surface area contributed by atoms with Crippen LogP contribution >= 0.6 is 11.6 Å². The summed E-state index contributed by atoms with van der Waals surface area (Å²) < 4.78 is 28.5. The fraction of sp³-hybridized carbons (Fsp3) is 0.172. The lowest BCUT2D eigenvalue weighted by atomic mass is 10.2. The summed E-state index contributed by atoms with van der Waals surface area (Å²) in [5.74, 6) is 1.08. The van der Waals surface area contributed by atoms with Crippen molar-refractivity contribution < 1.29 is 28.2 Å². The highest BCUT2D eigenvalue weighted by Gasteiger charge is 2.19. The van der Waals surface area contributed by atoms with Gasteiger partial charge in [-0.3, -0.25) is 4.79 Å². The number of para-hydroxylation sites is 1. The van der Waals surface area contributed by atoms with Crippen LogP contribution in [0.1, 0.15) is 12.5 Å². The van der Waals surface area contributed by atoms with Crippen LogP contribution < -0.4 is 19.8 Å². The molecule has 0 N–H and O–H groups in total. The minimum atomic E-state index is -0.567. The van der Waals surface area contributed by atoms with E-state index in [0.29, 0.717) is 45.9 Å². The van der Waals surface area contributed by atoms with Crippen LogP contribution in [-0.2, 0) is 9.53 Å². The molecule has 40 heavy (non-hydrogen) atoms. The number of fused-ring (bicyclic) bond motifs is 2. The number of carbonyl (C=O) groups excluding carboxylic acids is 1. The molecule has 0 atom stereocenters. The molecule has 0 bridgehead atoms. The van der Waals surface area contributed by atoms with Crippen molar-refractivity contribution in [3.8, 4) is 28.8 Å². The molecule has 11 heteroatoms. The Hall–Kier alpha value is -4.83. The molecule has 0 aliphatic heterocycles. The number of hydrogen-bond donors (Lipinski definition) is 0. The predicted molar refractivity (Wildman–Crippen MR) is 151 cm³/mol. The number of esters is 1. The number of methoxy groups -OCH3 is 2. The van der Waals surface area contributed by atoms with Crippen LogP contribution in [0.5, 0.6) is 17.2 Å². The molecule has 5 rings (SSSR count). The molecule has 5 aromatic rings. The van der Waals surface area contributed by atoms with Gasteiger partial charge < -0.3 is 23.4 Å². The van der Waals surface area contributed by atoms with Crippen LogP contribution in [-0.4, -0.2) is 49.3 Å². The van der Waals surface area contributed by atoms with E-state index in [9.17, 15) is 9.59 Å². The molecule has 0 saturated heterocycles. The second-order valence-corrected chi connectivity index (χ2v) is 8.83. The molecule has 2 heterocycles. The number of nitrogens with zero attached hydrogens (tertiary/aromatic N) is 3. The quantitative estimate of drug-likeness (QED) is 0.176. The second-order valence-electron chi connectivity index (χ2n) is 8.42. The average Bonchev–Trinajstić information content (AvgIpc) is 3.40. The Balaban J connectivity index is 1.62. The van der Waals surface area contributed by atoms with E-state index >= 15 is 0 Å². The van der Waals surface area contributed by atoms with Crippen molar-refractivity contribution in [2.45, 2.75) is 6.92 Å². The van der Waals surface area contributed by atoms with Gasteiger partial charge in [0.25, 0.3) is 5.56 Å². The van der Waals surface area contributed by atoms with Crippen molar-refractivity contribution >= 4 is 45.7 Å². The number of hydrogen-bond acceptors (Lipinski definition) is 9. The summed E-state index contributed by atoms with van der Waals surface area (Å²) >= 11 is 6.46. The van der Waals surface area contributed by atoms with Crippen LogP contribution in [0.4, 0.5) is 0 Å². The van der Waals surface area contributed by atoms with Crippen LogP contribution in [0.3, 0.4) is 0 Å². The smallest absolute Gasteiger partial charge is 0.343 e. The summed E-state index contributed by atoms with van der Waals surface area (Å²) in [5.41, 5.74) is 1.19. The molecule has 0 radical (unpaired) electrons. The Morgan fingerprint density at radius 1 is 1.05 bits per heavy atom. The van der Waals surface area contributed by atoms with E-state index in [1.54, 1.807) is 62.6 Å². The van der Waals surface area contributed by atoms with E-state index in [0.717, 1.165) is 5.39 Å². The van der Waals surface area contributed by atoms with Crippen molar-refractivity contribution in [2.75, 3.05) is 27.4 Å². The van der Waals surface area contributed by atoms with Gasteiger partial charge in [-0.25, -0.2) is 9.78 Å². The molecule has 0 spiro atoms. The van der Waals surface area contributed by atoms with E-state index in [1.165, 1.54) is 18.0 Å². The van der Waals surface area contributed by atoms with E-state index in [-0.39, 0.29) is 23.2 Å². The van der Waals surface area contributed by atoms with E-state index in [4.69, 9.17) is 35.2 Å². The number of rotatable bonds is 9. The number of benzene rings is 3. The lowest BCUT2D eigenvalue weighted by Crippen LogP contribution is -2.20. The van der Waals surface area contributed by atoms with Gasteiger partial charge in [-0.1, -0.05) is 29.8 Å². The zero-order valence-electron chi connectivity index (χ0n) is 21.8. The Labute approximate surface area is 233 Å². The molecule has 0 aliphatic carbocycles. The molecule has 0 amide bonds. The Morgan fingerprint density at radius 3 is 2.65 bits per heavy atom. The first-order chi connectivity index (χ1) is 19.4. The van der Waals surface area contributed by atoms with E-state index in [2.05, 4.69) is 9.84 Å². The summed E-state index contributed by atoms with van der Waals surface area (Å²) in [6.07, 6.45) is 1.45.